The molecule has 0 aromatic heterocycles. The average molecular weight is 169 g/mol. The van der Waals surface area contributed by atoms with Gasteiger partial charge in [0.05, 0.1) is 6.61 Å². The van der Waals surface area contributed by atoms with Crippen LogP contribution in [0.25, 0.3) is 0 Å². The number of carbonyl (C=O) groups is 2. The Labute approximate surface area is 70.8 Å². The van der Waals surface area contributed by atoms with Gasteiger partial charge >= 0.3 is 5.97 Å². The van der Waals surface area contributed by atoms with E-state index in [1.165, 1.54) is 4.90 Å². The molecular formula is C8H11NO3. The van der Waals surface area contributed by atoms with Crippen LogP contribution in [0.2, 0.25) is 0 Å². The zero-order valence-electron chi connectivity index (χ0n) is 7.00. The van der Waals surface area contributed by atoms with E-state index in [1.54, 1.807) is 6.92 Å². The van der Waals surface area contributed by atoms with Crippen LogP contribution in [-0.4, -0.2) is 29.9 Å². The second-order valence-electron chi connectivity index (χ2n) is 2.46. The zero-order chi connectivity index (χ0) is 9.14. The standard InChI is InChI=1S/C8H11NO3/c1-3-12-8(11)6(2)9-5-4-7(9)10/h2-5H2,1H3. The van der Waals surface area contributed by atoms with E-state index in [2.05, 4.69) is 11.3 Å². The molecule has 66 valence electrons. The van der Waals surface area contributed by atoms with Gasteiger partial charge in [0.25, 0.3) is 0 Å². The molecule has 1 fully saturated rings. The minimum atomic E-state index is -0.509. The molecule has 0 N–H and O–H groups in total. The van der Waals surface area contributed by atoms with E-state index < -0.39 is 5.97 Å². The summed E-state index contributed by atoms with van der Waals surface area (Å²) in [6, 6.07) is 0. The molecule has 1 amide bonds. The molecule has 4 heteroatoms. The summed E-state index contributed by atoms with van der Waals surface area (Å²) in [7, 11) is 0. The van der Waals surface area contributed by atoms with Crippen LogP contribution in [0.5, 0.6) is 0 Å². The molecule has 1 aliphatic rings. The van der Waals surface area contributed by atoms with Crippen molar-refractivity contribution in [1.82, 2.24) is 4.90 Å². The van der Waals surface area contributed by atoms with E-state index in [-0.39, 0.29) is 11.6 Å². The molecule has 0 unspecified atom stereocenters. The largest absolute Gasteiger partial charge is 0.461 e. The lowest BCUT2D eigenvalue weighted by molar-refractivity contribution is -0.147. The maximum absolute atomic E-state index is 11.0. The molecule has 1 heterocycles. The second-order valence-corrected chi connectivity index (χ2v) is 2.46. The van der Waals surface area contributed by atoms with Crippen molar-refractivity contribution in [3.05, 3.63) is 12.3 Å². The lowest BCUT2D eigenvalue weighted by Gasteiger charge is -2.30. The Morgan fingerprint density at radius 2 is 2.42 bits per heavy atom. The average Bonchev–Trinajstić information content (AvgIpc) is 2.02. The Morgan fingerprint density at radius 3 is 2.75 bits per heavy atom. The number of β-lactam (4-membered cyclic amide) rings is 1. The minimum absolute atomic E-state index is 0.0620. The normalized spacial score (nSPS) is 15.4. The third kappa shape index (κ3) is 1.47. The Kier molecular flexibility index (Phi) is 2.47. The van der Waals surface area contributed by atoms with Gasteiger partial charge in [0.1, 0.15) is 5.70 Å². The van der Waals surface area contributed by atoms with Gasteiger partial charge in [0.2, 0.25) is 5.91 Å². The Balaban J connectivity index is 2.47. The molecule has 0 atom stereocenters. The molecule has 12 heavy (non-hydrogen) atoms. The van der Waals surface area contributed by atoms with Gasteiger partial charge in [-0.1, -0.05) is 6.58 Å². The van der Waals surface area contributed by atoms with Crippen LogP contribution in [-0.2, 0) is 14.3 Å². The van der Waals surface area contributed by atoms with Gasteiger partial charge in [-0.2, -0.15) is 0 Å². The molecule has 0 aromatic carbocycles. The Bertz CT molecular complexity index is 234. The van der Waals surface area contributed by atoms with Crippen molar-refractivity contribution < 1.29 is 14.3 Å². The summed E-state index contributed by atoms with van der Waals surface area (Å²) in [5, 5.41) is 0. The molecule has 0 spiro atoms. The molecule has 1 rings (SSSR count). The van der Waals surface area contributed by atoms with E-state index in [1.807, 2.05) is 0 Å². The van der Waals surface area contributed by atoms with Crippen LogP contribution in [0.4, 0.5) is 0 Å². The lowest BCUT2D eigenvalue weighted by atomic mass is 10.2. The summed E-state index contributed by atoms with van der Waals surface area (Å²) >= 11 is 0. The second kappa shape index (κ2) is 3.38. The van der Waals surface area contributed by atoms with E-state index in [4.69, 9.17) is 0 Å². The van der Waals surface area contributed by atoms with Crippen molar-refractivity contribution in [1.29, 1.82) is 0 Å². The number of amides is 1. The van der Waals surface area contributed by atoms with Crippen molar-refractivity contribution in [3.63, 3.8) is 0 Å². The summed E-state index contributed by atoms with van der Waals surface area (Å²) in [6.07, 6.45) is 0.498. The highest BCUT2D eigenvalue weighted by molar-refractivity contribution is 5.95. The van der Waals surface area contributed by atoms with Crippen LogP contribution in [0, 0.1) is 0 Å². The van der Waals surface area contributed by atoms with Gasteiger partial charge < -0.3 is 9.64 Å². The highest BCUT2D eigenvalue weighted by atomic mass is 16.5. The quantitative estimate of drug-likeness (QED) is 0.346. The molecule has 4 nitrogen and oxygen atoms in total. The first-order valence-corrected chi connectivity index (χ1v) is 3.83. The topological polar surface area (TPSA) is 46.6 Å². The van der Waals surface area contributed by atoms with Crippen LogP contribution in [0.1, 0.15) is 13.3 Å². The van der Waals surface area contributed by atoms with Crippen molar-refractivity contribution in [2.75, 3.05) is 13.2 Å². The first-order chi connectivity index (χ1) is 5.66. The zero-order valence-corrected chi connectivity index (χ0v) is 7.00. The monoisotopic (exact) mass is 169 g/mol. The Morgan fingerprint density at radius 1 is 1.75 bits per heavy atom. The fourth-order valence-electron chi connectivity index (χ4n) is 0.925. The van der Waals surface area contributed by atoms with Gasteiger partial charge in [-0.3, -0.25) is 4.79 Å². The van der Waals surface area contributed by atoms with Crippen LogP contribution in [0.15, 0.2) is 12.3 Å². The van der Waals surface area contributed by atoms with Crippen molar-refractivity contribution >= 4 is 11.9 Å². The molecule has 1 saturated heterocycles. The molecule has 0 aromatic rings. The fraction of sp³-hybridized carbons (Fsp3) is 0.500. The summed E-state index contributed by atoms with van der Waals surface area (Å²) < 4.78 is 4.68. The number of nitrogens with zero attached hydrogens (tertiary/aromatic N) is 1. The third-order valence-corrected chi connectivity index (χ3v) is 1.69. The predicted molar refractivity (Wildman–Crippen MR) is 42.1 cm³/mol. The molecule has 0 bridgehead atoms. The van der Waals surface area contributed by atoms with Crippen molar-refractivity contribution in [3.8, 4) is 0 Å². The van der Waals surface area contributed by atoms with Crippen molar-refractivity contribution in [2.24, 2.45) is 0 Å². The molecule has 0 radical (unpaired) electrons. The number of esters is 1. The Hall–Kier alpha value is -1.32. The van der Waals surface area contributed by atoms with E-state index in [0.717, 1.165) is 0 Å². The molecule has 0 aliphatic carbocycles. The number of hydrogen-bond acceptors (Lipinski definition) is 3. The smallest absolute Gasteiger partial charge is 0.354 e. The van der Waals surface area contributed by atoms with Gasteiger partial charge in [0, 0.05) is 13.0 Å². The molecule has 0 saturated carbocycles. The maximum atomic E-state index is 11.0. The summed E-state index contributed by atoms with van der Waals surface area (Å²) in [5.41, 5.74) is 0.146. The number of hydrogen-bond donors (Lipinski definition) is 0. The first-order valence-electron chi connectivity index (χ1n) is 3.83. The van der Waals surface area contributed by atoms with E-state index >= 15 is 0 Å². The summed E-state index contributed by atoms with van der Waals surface area (Å²) in [6.45, 7) is 6.07. The van der Waals surface area contributed by atoms with Gasteiger partial charge in [-0.25, -0.2) is 4.79 Å². The first kappa shape index (κ1) is 8.77. The van der Waals surface area contributed by atoms with Crippen LogP contribution >= 0.6 is 0 Å². The number of rotatable bonds is 3. The van der Waals surface area contributed by atoms with Gasteiger partial charge in [0.15, 0.2) is 0 Å². The summed E-state index contributed by atoms with van der Waals surface area (Å²) in [5.74, 6) is -0.571. The van der Waals surface area contributed by atoms with E-state index in [0.29, 0.717) is 19.6 Å². The fourth-order valence-corrected chi connectivity index (χ4v) is 0.925. The van der Waals surface area contributed by atoms with Crippen LogP contribution in [0.3, 0.4) is 0 Å². The number of carbonyl (C=O) groups excluding carboxylic acids is 2. The maximum Gasteiger partial charge on any atom is 0.354 e. The molecule has 1 aliphatic heterocycles. The van der Waals surface area contributed by atoms with Gasteiger partial charge in [-0.05, 0) is 6.92 Å². The highest BCUT2D eigenvalue weighted by Gasteiger charge is 2.29. The predicted octanol–water partition coefficient (Wildman–Crippen LogP) is 0.295. The van der Waals surface area contributed by atoms with Crippen LogP contribution < -0.4 is 0 Å². The lowest BCUT2D eigenvalue weighted by Crippen LogP contribution is -2.44. The highest BCUT2D eigenvalue weighted by Crippen LogP contribution is 2.15. The summed E-state index contributed by atoms with van der Waals surface area (Å²) in [4.78, 5) is 23.2. The minimum Gasteiger partial charge on any atom is -0.461 e. The van der Waals surface area contributed by atoms with E-state index in [9.17, 15) is 9.59 Å². The SMILES string of the molecule is C=C(C(=O)OCC)N1CCC1=O. The third-order valence-electron chi connectivity index (χ3n) is 1.69. The van der Waals surface area contributed by atoms with Crippen molar-refractivity contribution in [2.45, 2.75) is 13.3 Å². The van der Waals surface area contributed by atoms with Gasteiger partial charge in [-0.15, -0.1) is 0 Å². The number of ether oxygens (including phenoxy) is 1. The molecular weight excluding hydrogens is 158 g/mol. The number of likely N-dealkylation sites (tertiary alicyclic amines) is 1.